The lowest BCUT2D eigenvalue weighted by Gasteiger charge is -2.22. The number of carbonyl (C=O) groups excluding carboxylic acids is 1. The number of aliphatic imine (C=N–C) groups is 1. The van der Waals surface area contributed by atoms with E-state index in [4.69, 9.17) is 11.6 Å². The summed E-state index contributed by atoms with van der Waals surface area (Å²) >= 11 is 5.63. The van der Waals surface area contributed by atoms with Crippen LogP contribution in [0, 0.1) is 5.92 Å². The summed E-state index contributed by atoms with van der Waals surface area (Å²) < 4.78 is 0. The van der Waals surface area contributed by atoms with Crippen molar-refractivity contribution in [2.75, 3.05) is 12.4 Å². The Bertz CT molecular complexity index is 357. The Labute approximate surface area is 117 Å². The van der Waals surface area contributed by atoms with Crippen LogP contribution in [0.5, 0.6) is 0 Å². The Morgan fingerprint density at radius 1 is 1.50 bits per heavy atom. The monoisotopic (exact) mass is 285 g/mol. The number of Topliss-reactive ketones (excluding diaryl/α,β-unsaturated/α-hetero) is 1. The van der Waals surface area contributed by atoms with E-state index in [0.29, 0.717) is 12.3 Å². The lowest BCUT2D eigenvalue weighted by Crippen LogP contribution is -2.27. The molecule has 0 aliphatic carbocycles. The zero-order chi connectivity index (χ0) is 13.8. The molecule has 1 atom stereocenters. The summed E-state index contributed by atoms with van der Waals surface area (Å²) in [7, 11) is -1.16. The molecule has 0 aromatic rings. The van der Waals surface area contributed by atoms with Crippen molar-refractivity contribution in [2.45, 2.75) is 44.9 Å². The highest BCUT2D eigenvalue weighted by Crippen LogP contribution is 2.29. The zero-order valence-electron chi connectivity index (χ0n) is 11.8. The number of carbonyl (C=O) groups is 1. The Hall–Kier alpha value is -0.413. The third kappa shape index (κ3) is 4.69. The normalized spacial score (nSPS) is 19.8. The van der Waals surface area contributed by atoms with Crippen molar-refractivity contribution in [3.05, 3.63) is 12.2 Å². The summed E-state index contributed by atoms with van der Waals surface area (Å²) in [6, 6.07) is 1.08. The van der Waals surface area contributed by atoms with E-state index in [-0.39, 0.29) is 11.7 Å². The van der Waals surface area contributed by atoms with Gasteiger partial charge in [-0.15, -0.1) is 11.6 Å². The summed E-state index contributed by atoms with van der Waals surface area (Å²) in [6.07, 6.45) is 2.23. The standard InChI is InChI=1S/C14H24ClNOSi/c1-11(10-18(2,3)4)12-7-9-16-14(12)13(17)6-5-8-15/h12H,1,5-10H2,2-4H3. The first-order valence-corrected chi connectivity index (χ1v) is 10.9. The summed E-state index contributed by atoms with van der Waals surface area (Å²) in [4.78, 5) is 16.5. The molecule has 0 spiro atoms. The van der Waals surface area contributed by atoms with Gasteiger partial charge in [0.25, 0.3) is 0 Å². The van der Waals surface area contributed by atoms with Crippen molar-refractivity contribution >= 4 is 31.2 Å². The number of halogens is 1. The second kappa shape index (κ2) is 6.67. The van der Waals surface area contributed by atoms with Gasteiger partial charge in [0, 0.05) is 32.8 Å². The molecule has 1 rings (SSSR count). The molecule has 102 valence electrons. The fourth-order valence-corrected chi connectivity index (χ4v) is 4.14. The number of allylic oxidation sites excluding steroid dienone is 1. The smallest absolute Gasteiger partial charge is 0.177 e. The Kier molecular flexibility index (Phi) is 5.79. The van der Waals surface area contributed by atoms with Crippen molar-refractivity contribution in [2.24, 2.45) is 10.9 Å². The molecule has 4 heteroatoms. The fourth-order valence-electron chi connectivity index (χ4n) is 2.40. The molecule has 0 bridgehead atoms. The van der Waals surface area contributed by atoms with Crippen LogP contribution in [-0.2, 0) is 4.79 Å². The molecule has 0 radical (unpaired) electrons. The van der Waals surface area contributed by atoms with Gasteiger partial charge in [0.2, 0.25) is 0 Å². The minimum Gasteiger partial charge on any atom is -0.293 e. The first kappa shape index (κ1) is 15.6. The van der Waals surface area contributed by atoms with Crippen LogP contribution in [0.3, 0.4) is 0 Å². The van der Waals surface area contributed by atoms with E-state index in [9.17, 15) is 4.79 Å². The van der Waals surface area contributed by atoms with Gasteiger partial charge >= 0.3 is 0 Å². The van der Waals surface area contributed by atoms with E-state index >= 15 is 0 Å². The number of nitrogens with zero attached hydrogens (tertiary/aromatic N) is 1. The highest BCUT2D eigenvalue weighted by Gasteiger charge is 2.30. The zero-order valence-corrected chi connectivity index (χ0v) is 13.5. The lowest BCUT2D eigenvalue weighted by molar-refractivity contribution is -0.113. The SMILES string of the molecule is C=C(C[Si](C)(C)C)C1CCN=C1C(=O)CCCCl. The van der Waals surface area contributed by atoms with Crippen LogP contribution in [0.1, 0.15) is 19.3 Å². The van der Waals surface area contributed by atoms with Gasteiger partial charge in [-0.05, 0) is 18.9 Å². The maximum absolute atomic E-state index is 12.1. The molecular weight excluding hydrogens is 262 g/mol. The Morgan fingerprint density at radius 2 is 2.17 bits per heavy atom. The quantitative estimate of drug-likeness (QED) is 0.396. The molecule has 0 aromatic heterocycles. The van der Waals surface area contributed by atoms with E-state index in [1.54, 1.807) is 0 Å². The molecule has 0 fully saturated rings. The van der Waals surface area contributed by atoms with Crippen LogP contribution in [0.25, 0.3) is 0 Å². The first-order valence-electron chi connectivity index (χ1n) is 6.66. The molecule has 1 unspecified atom stereocenters. The van der Waals surface area contributed by atoms with Crippen LogP contribution in [-0.4, -0.2) is 32.0 Å². The predicted octanol–water partition coefficient (Wildman–Crippen LogP) is 3.93. The van der Waals surface area contributed by atoms with E-state index in [0.717, 1.165) is 31.1 Å². The number of hydrogen-bond acceptors (Lipinski definition) is 2. The fraction of sp³-hybridized carbons (Fsp3) is 0.714. The summed E-state index contributed by atoms with van der Waals surface area (Å²) in [5.41, 5.74) is 1.98. The summed E-state index contributed by atoms with van der Waals surface area (Å²) in [5.74, 6) is 0.925. The summed E-state index contributed by atoms with van der Waals surface area (Å²) in [6.45, 7) is 12.0. The average Bonchev–Trinajstić information content (AvgIpc) is 2.72. The molecule has 0 N–H and O–H groups in total. The number of hydrogen-bond donors (Lipinski definition) is 0. The van der Waals surface area contributed by atoms with Crippen LogP contribution in [0.15, 0.2) is 17.1 Å². The van der Waals surface area contributed by atoms with Crippen molar-refractivity contribution in [1.29, 1.82) is 0 Å². The molecule has 0 saturated carbocycles. The molecule has 1 aliphatic rings. The van der Waals surface area contributed by atoms with Gasteiger partial charge in [0.15, 0.2) is 5.78 Å². The van der Waals surface area contributed by atoms with Gasteiger partial charge in [-0.25, -0.2) is 0 Å². The van der Waals surface area contributed by atoms with E-state index in [2.05, 4.69) is 31.2 Å². The van der Waals surface area contributed by atoms with Crippen LogP contribution < -0.4 is 0 Å². The Balaban J connectivity index is 2.64. The van der Waals surface area contributed by atoms with Crippen molar-refractivity contribution in [3.8, 4) is 0 Å². The van der Waals surface area contributed by atoms with Gasteiger partial charge in [-0.2, -0.15) is 0 Å². The molecular formula is C14H24ClNOSi. The van der Waals surface area contributed by atoms with Gasteiger partial charge < -0.3 is 0 Å². The van der Waals surface area contributed by atoms with Gasteiger partial charge in [-0.1, -0.05) is 31.8 Å². The second-order valence-corrected chi connectivity index (χ2v) is 12.1. The van der Waals surface area contributed by atoms with Crippen molar-refractivity contribution in [1.82, 2.24) is 0 Å². The molecule has 0 aromatic carbocycles. The maximum Gasteiger partial charge on any atom is 0.177 e. The number of ketones is 1. The second-order valence-electron chi connectivity index (χ2n) is 6.22. The predicted molar refractivity (Wildman–Crippen MR) is 82.7 cm³/mol. The molecule has 0 saturated heterocycles. The number of rotatable bonds is 7. The Morgan fingerprint density at radius 3 is 2.72 bits per heavy atom. The van der Waals surface area contributed by atoms with Crippen LogP contribution >= 0.6 is 11.6 Å². The van der Waals surface area contributed by atoms with Gasteiger partial charge in [-0.3, -0.25) is 9.79 Å². The highest BCUT2D eigenvalue weighted by molar-refractivity contribution is 6.76. The van der Waals surface area contributed by atoms with E-state index in [1.165, 1.54) is 5.57 Å². The molecule has 0 amide bonds. The molecule has 2 nitrogen and oxygen atoms in total. The largest absolute Gasteiger partial charge is 0.293 e. The van der Waals surface area contributed by atoms with Crippen molar-refractivity contribution in [3.63, 3.8) is 0 Å². The van der Waals surface area contributed by atoms with E-state index in [1.807, 2.05) is 0 Å². The molecule has 1 heterocycles. The minimum atomic E-state index is -1.16. The van der Waals surface area contributed by atoms with Gasteiger partial charge in [0.05, 0.1) is 5.71 Å². The van der Waals surface area contributed by atoms with Crippen LogP contribution in [0.2, 0.25) is 25.7 Å². The van der Waals surface area contributed by atoms with Crippen molar-refractivity contribution < 1.29 is 4.79 Å². The minimum absolute atomic E-state index is 0.176. The van der Waals surface area contributed by atoms with Gasteiger partial charge in [0.1, 0.15) is 0 Å². The van der Waals surface area contributed by atoms with Crippen LogP contribution in [0.4, 0.5) is 0 Å². The molecule has 1 aliphatic heterocycles. The molecule has 18 heavy (non-hydrogen) atoms. The third-order valence-electron chi connectivity index (χ3n) is 3.10. The van der Waals surface area contributed by atoms with E-state index < -0.39 is 8.07 Å². The third-order valence-corrected chi connectivity index (χ3v) is 4.89. The maximum atomic E-state index is 12.1. The first-order chi connectivity index (χ1) is 8.35. The summed E-state index contributed by atoms with van der Waals surface area (Å²) in [5, 5.41) is 0. The lowest BCUT2D eigenvalue weighted by atomic mass is 9.91. The topological polar surface area (TPSA) is 29.4 Å². The number of alkyl halides is 1. The average molecular weight is 286 g/mol. The highest BCUT2D eigenvalue weighted by atomic mass is 35.5.